The number of thiophene rings is 1. The second-order valence-corrected chi connectivity index (χ2v) is 5.92. The molecule has 2 rings (SSSR count). The Balaban J connectivity index is 1.90. The Bertz CT molecular complexity index is 529. The van der Waals surface area contributed by atoms with E-state index in [1.165, 1.54) is 4.88 Å². The van der Waals surface area contributed by atoms with Gasteiger partial charge in [0.05, 0.1) is 10.9 Å². The van der Waals surface area contributed by atoms with Crippen molar-refractivity contribution in [2.24, 2.45) is 0 Å². The van der Waals surface area contributed by atoms with E-state index >= 15 is 0 Å². The summed E-state index contributed by atoms with van der Waals surface area (Å²) in [6.07, 6.45) is -0.161. The first-order valence-electron chi connectivity index (χ1n) is 5.94. The molecule has 0 saturated heterocycles. The van der Waals surface area contributed by atoms with Gasteiger partial charge in [-0.25, -0.2) is 0 Å². The lowest BCUT2D eigenvalue weighted by Gasteiger charge is -2.09. The van der Waals surface area contributed by atoms with E-state index in [-0.39, 0.29) is 12.1 Å². The number of ether oxygens (including phenoxy) is 1. The van der Waals surface area contributed by atoms with Gasteiger partial charge in [-0.05, 0) is 26.0 Å². The van der Waals surface area contributed by atoms with Crippen molar-refractivity contribution in [2.75, 3.05) is 7.11 Å². The minimum atomic E-state index is -0.161. The van der Waals surface area contributed by atoms with Crippen LogP contribution in [-0.4, -0.2) is 17.3 Å². The van der Waals surface area contributed by atoms with E-state index in [1.807, 2.05) is 19.1 Å². The Morgan fingerprint density at radius 2 is 2.26 bits per heavy atom. The van der Waals surface area contributed by atoms with Crippen LogP contribution in [0.3, 0.4) is 0 Å². The number of halogens is 1. The Morgan fingerprint density at radius 1 is 1.47 bits per heavy atom. The summed E-state index contributed by atoms with van der Waals surface area (Å²) in [5.74, 6) is 1.11. The Kier molecular flexibility index (Phi) is 4.93. The number of rotatable bonds is 6. The molecule has 0 saturated carbocycles. The van der Waals surface area contributed by atoms with Gasteiger partial charge in [0.1, 0.15) is 6.10 Å². The van der Waals surface area contributed by atoms with Gasteiger partial charge in [-0.15, -0.1) is 11.3 Å². The third-order valence-electron chi connectivity index (χ3n) is 2.78. The number of methoxy groups -OCH3 is 1. The lowest BCUT2D eigenvalue weighted by atomic mass is 10.3. The van der Waals surface area contributed by atoms with Gasteiger partial charge >= 0.3 is 0 Å². The molecule has 0 aromatic carbocycles. The smallest absolute Gasteiger partial charge is 0.240 e. The van der Waals surface area contributed by atoms with E-state index in [2.05, 4.69) is 22.4 Å². The molecule has 0 spiro atoms. The van der Waals surface area contributed by atoms with Crippen molar-refractivity contribution >= 4 is 22.9 Å². The molecule has 2 heterocycles. The summed E-state index contributed by atoms with van der Waals surface area (Å²) in [5.41, 5.74) is 0. The fourth-order valence-corrected chi connectivity index (χ4v) is 2.60. The zero-order chi connectivity index (χ0) is 13.8. The van der Waals surface area contributed by atoms with Crippen molar-refractivity contribution < 1.29 is 9.26 Å². The number of hydrogen-bond donors (Lipinski definition) is 1. The summed E-state index contributed by atoms with van der Waals surface area (Å²) >= 11 is 7.47. The molecule has 104 valence electrons. The number of nitrogens with one attached hydrogen (secondary N) is 1. The highest BCUT2D eigenvalue weighted by molar-refractivity contribution is 7.16. The maximum Gasteiger partial charge on any atom is 0.240 e. The normalized spacial score (nSPS) is 14.5. The van der Waals surface area contributed by atoms with Crippen LogP contribution >= 0.6 is 22.9 Å². The molecule has 0 bridgehead atoms. The average molecular weight is 302 g/mol. The first-order chi connectivity index (χ1) is 9.10. The molecule has 0 unspecified atom stereocenters. The maximum absolute atomic E-state index is 5.91. The first kappa shape index (κ1) is 14.5. The average Bonchev–Trinajstić information content (AvgIpc) is 3.04. The maximum atomic E-state index is 5.91. The van der Waals surface area contributed by atoms with Crippen LogP contribution in [-0.2, 0) is 11.3 Å². The number of hydrogen-bond acceptors (Lipinski definition) is 6. The zero-order valence-electron chi connectivity index (χ0n) is 11.0. The van der Waals surface area contributed by atoms with Gasteiger partial charge in [-0.3, -0.25) is 0 Å². The molecule has 0 amide bonds. The highest BCUT2D eigenvalue weighted by atomic mass is 35.5. The van der Waals surface area contributed by atoms with Gasteiger partial charge in [0.2, 0.25) is 5.89 Å². The van der Waals surface area contributed by atoms with E-state index in [0.717, 1.165) is 4.34 Å². The van der Waals surface area contributed by atoms with E-state index in [1.54, 1.807) is 18.4 Å². The van der Waals surface area contributed by atoms with Crippen molar-refractivity contribution in [1.82, 2.24) is 15.5 Å². The Hall–Kier alpha value is -0.950. The van der Waals surface area contributed by atoms with Crippen LogP contribution in [0.1, 0.15) is 42.6 Å². The third-order valence-corrected chi connectivity index (χ3v) is 4.20. The monoisotopic (exact) mass is 301 g/mol. The first-order valence-corrected chi connectivity index (χ1v) is 7.13. The molecule has 19 heavy (non-hydrogen) atoms. The van der Waals surface area contributed by atoms with Crippen molar-refractivity contribution in [2.45, 2.75) is 32.5 Å². The van der Waals surface area contributed by atoms with Gasteiger partial charge in [0, 0.05) is 18.0 Å². The quantitative estimate of drug-likeness (QED) is 0.886. The van der Waals surface area contributed by atoms with Gasteiger partial charge in [0.15, 0.2) is 5.82 Å². The van der Waals surface area contributed by atoms with Crippen LogP contribution in [0.5, 0.6) is 0 Å². The fraction of sp³-hybridized carbons (Fsp3) is 0.500. The second-order valence-electron chi connectivity index (χ2n) is 4.17. The van der Waals surface area contributed by atoms with Crippen LogP contribution in [0, 0.1) is 0 Å². The second kappa shape index (κ2) is 6.47. The van der Waals surface area contributed by atoms with E-state index < -0.39 is 0 Å². The molecule has 1 N–H and O–H groups in total. The summed E-state index contributed by atoms with van der Waals surface area (Å²) in [6, 6.07) is 4.09. The van der Waals surface area contributed by atoms with Crippen molar-refractivity contribution in [1.29, 1.82) is 0 Å². The van der Waals surface area contributed by atoms with E-state index in [0.29, 0.717) is 18.3 Å². The summed E-state index contributed by atoms with van der Waals surface area (Å²) in [6.45, 7) is 4.45. The molecule has 0 aliphatic rings. The summed E-state index contributed by atoms with van der Waals surface area (Å²) in [5, 5.41) is 7.19. The minimum absolute atomic E-state index is 0.161. The summed E-state index contributed by atoms with van der Waals surface area (Å²) in [7, 11) is 1.61. The molecule has 0 aliphatic carbocycles. The predicted molar refractivity (Wildman–Crippen MR) is 74.3 cm³/mol. The highest BCUT2D eigenvalue weighted by Gasteiger charge is 2.14. The minimum Gasteiger partial charge on any atom is -0.374 e. The van der Waals surface area contributed by atoms with Gasteiger partial charge in [-0.1, -0.05) is 16.8 Å². The predicted octanol–water partition coefficient (Wildman–Crippen LogP) is 3.34. The SMILES string of the molecule is CO[C@@H](C)c1noc(CN[C@H](C)c2ccc(Cl)s2)n1. The van der Waals surface area contributed by atoms with Gasteiger partial charge in [-0.2, -0.15) is 4.98 Å². The fourth-order valence-electron chi connectivity index (χ4n) is 1.51. The Morgan fingerprint density at radius 3 is 2.89 bits per heavy atom. The van der Waals surface area contributed by atoms with Crippen LogP contribution < -0.4 is 5.32 Å². The summed E-state index contributed by atoms with van der Waals surface area (Å²) in [4.78, 5) is 5.44. The van der Waals surface area contributed by atoms with Crippen molar-refractivity contribution in [3.8, 4) is 0 Å². The van der Waals surface area contributed by atoms with Crippen LogP contribution in [0.2, 0.25) is 4.34 Å². The molecule has 0 radical (unpaired) electrons. The molecule has 5 nitrogen and oxygen atoms in total. The topological polar surface area (TPSA) is 60.2 Å². The largest absolute Gasteiger partial charge is 0.374 e. The van der Waals surface area contributed by atoms with Crippen molar-refractivity contribution in [3.63, 3.8) is 0 Å². The van der Waals surface area contributed by atoms with E-state index in [9.17, 15) is 0 Å². The van der Waals surface area contributed by atoms with Crippen molar-refractivity contribution in [3.05, 3.63) is 33.1 Å². The molecular formula is C12H16ClN3O2S. The number of aromatic nitrogens is 2. The van der Waals surface area contributed by atoms with Crippen LogP contribution in [0.25, 0.3) is 0 Å². The molecular weight excluding hydrogens is 286 g/mol. The molecule has 2 aromatic rings. The standard InChI is InChI=1S/C12H16ClN3O2S/c1-7(9-4-5-10(13)19-9)14-6-11-15-12(16-18-11)8(2)17-3/h4-5,7-8,14H,6H2,1-3H3/t7-,8+/m1/s1. The Labute approximate surface area is 120 Å². The molecule has 0 fully saturated rings. The summed E-state index contributed by atoms with van der Waals surface area (Å²) < 4.78 is 11.1. The van der Waals surface area contributed by atoms with Gasteiger partial charge in [0.25, 0.3) is 0 Å². The zero-order valence-corrected chi connectivity index (χ0v) is 12.6. The number of nitrogens with zero attached hydrogens (tertiary/aromatic N) is 2. The molecule has 0 aliphatic heterocycles. The van der Waals surface area contributed by atoms with E-state index in [4.69, 9.17) is 20.9 Å². The van der Waals surface area contributed by atoms with Gasteiger partial charge < -0.3 is 14.6 Å². The molecule has 2 atom stereocenters. The third kappa shape index (κ3) is 3.76. The van der Waals surface area contributed by atoms with Crippen LogP contribution in [0.15, 0.2) is 16.7 Å². The molecule has 7 heteroatoms. The lowest BCUT2D eigenvalue weighted by Crippen LogP contribution is -2.17. The lowest BCUT2D eigenvalue weighted by molar-refractivity contribution is 0.109. The highest BCUT2D eigenvalue weighted by Crippen LogP contribution is 2.26. The van der Waals surface area contributed by atoms with Crippen LogP contribution in [0.4, 0.5) is 0 Å². The molecule has 2 aromatic heterocycles.